The highest BCUT2D eigenvalue weighted by atomic mass is 35.5. The number of amides is 1. The average molecular weight is 432 g/mol. The van der Waals surface area contributed by atoms with Gasteiger partial charge in [0.05, 0.1) is 11.4 Å². The number of carbonyl (C=O) groups excluding carboxylic acids is 2. The molecule has 0 aliphatic carbocycles. The Bertz CT molecular complexity index is 1040. The molecule has 10 heteroatoms. The van der Waals surface area contributed by atoms with E-state index in [0.717, 1.165) is 28.6 Å². The second kappa shape index (κ2) is 9.53. The third-order valence-corrected chi connectivity index (χ3v) is 4.95. The van der Waals surface area contributed by atoms with E-state index in [1.54, 1.807) is 28.9 Å². The van der Waals surface area contributed by atoms with Crippen LogP contribution in [0, 0.1) is 13.8 Å². The molecule has 0 aliphatic heterocycles. The monoisotopic (exact) mass is 431 g/mol. The maximum absolute atomic E-state index is 12.0. The Hall–Kier alpha value is -2.91. The highest BCUT2D eigenvalue weighted by Crippen LogP contribution is 2.21. The van der Waals surface area contributed by atoms with Crippen LogP contribution in [-0.4, -0.2) is 44.4 Å². The van der Waals surface area contributed by atoms with Crippen LogP contribution >= 0.6 is 23.4 Å². The number of hydrogen-bond donors (Lipinski definition) is 1. The number of aryl methyl sites for hydroxylation is 2. The van der Waals surface area contributed by atoms with Gasteiger partial charge in [-0.3, -0.25) is 9.59 Å². The van der Waals surface area contributed by atoms with Crippen molar-refractivity contribution in [3.8, 4) is 5.69 Å². The number of halogens is 1. The number of tetrazole rings is 1. The number of hydrogen-bond acceptors (Lipinski definition) is 7. The van der Waals surface area contributed by atoms with E-state index in [2.05, 4.69) is 20.8 Å². The van der Waals surface area contributed by atoms with Crippen molar-refractivity contribution < 1.29 is 14.3 Å². The molecule has 0 bridgehead atoms. The fourth-order valence-electron chi connectivity index (χ4n) is 2.44. The maximum Gasteiger partial charge on any atom is 0.316 e. The van der Waals surface area contributed by atoms with Crippen LogP contribution < -0.4 is 5.32 Å². The largest absolute Gasteiger partial charge is 0.455 e. The standard InChI is InChI=1S/C19H18ClN5O3S/c1-12-6-7-13(2)16(8-12)25-19(22-23-24-25)29-11-18(27)28-10-17(26)21-15-5-3-4-14(20)9-15/h3-9H,10-11H2,1-2H3,(H,21,26). The van der Waals surface area contributed by atoms with E-state index in [9.17, 15) is 9.59 Å². The first kappa shape index (κ1) is 20.8. The van der Waals surface area contributed by atoms with Crippen molar-refractivity contribution in [2.45, 2.75) is 19.0 Å². The minimum atomic E-state index is -0.549. The van der Waals surface area contributed by atoms with Crippen molar-refractivity contribution in [2.24, 2.45) is 0 Å². The molecule has 1 heterocycles. The summed E-state index contributed by atoms with van der Waals surface area (Å²) in [6, 6.07) is 12.6. The van der Waals surface area contributed by atoms with Gasteiger partial charge in [-0.05, 0) is 59.7 Å². The Morgan fingerprint density at radius 2 is 2.03 bits per heavy atom. The predicted molar refractivity (Wildman–Crippen MR) is 110 cm³/mol. The van der Waals surface area contributed by atoms with E-state index < -0.39 is 18.5 Å². The van der Waals surface area contributed by atoms with Crippen molar-refractivity contribution in [1.29, 1.82) is 0 Å². The topological polar surface area (TPSA) is 99.0 Å². The predicted octanol–water partition coefficient (Wildman–Crippen LogP) is 3.21. The number of aromatic nitrogens is 4. The molecule has 0 unspecified atom stereocenters. The molecule has 2 aromatic carbocycles. The fraction of sp³-hybridized carbons (Fsp3) is 0.211. The van der Waals surface area contributed by atoms with Crippen LogP contribution in [-0.2, 0) is 14.3 Å². The molecule has 1 N–H and O–H groups in total. The third kappa shape index (κ3) is 5.78. The summed E-state index contributed by atoms with van der Waals surface area (Å²) in [6.07, 6.45) is 0. The first-order chi connectivity index (χ1) is 13.9. The summed E-state index contributed by atoms with van der Waals surface area (Å²) in [5, 5.41) is 15.2. The van der Waals surface area contributed by atoms with Crippen LogP contribution in [0.2, 0.25) is 5.02 Å². The molecule has 1 aromatic heterocycles. The quantitative estimate of drug-likeness (QED) is 0.453. The smallest absolute Gasteiger partial charge is 0.316 e. The summed E-state index contributed by atoms with van der Waals surface area (Å²) in [4.78, 5) is 23.9. The lowest BCUT2D eigenvalue weighted by Gasteiger charge is -2.09. The summed E-state index contributed by atoms with van der Waals surface area (Å²) >= 11 is 7.00. The van der Waals surface area contributed by atoms with Crippen LogP contribution in [0.4, 0.5) is 5.69 Å². The average Bonchev–Trinajstić information content (AvgIpc) is 3.15. The van der Waals surface area contributed by atoms with Gasteiger partial charge in [0.25, 0.3) is 5.91 Å². The van der Waals surface area contributed by atoms with Crippen LogP contribution in [0.3, 0.4) is 0 Å². The lowest BCUT2D eigenvalue weighted by atomic mass is 10.1. The van der Waals surface area contributed by atoms with E-state index in [4.69, 9.17) is 16.3 Å². The van der Waals surface area contributed by atoms with Gasteiger partial charge >= 0.3 is 5.97 Å². The van der Waals surface area contributed by atoms with Gasteiger partial charge in [0.15, 0.2) is 6.61 Å². The Morgan fingerprint density at radius 3 is 2.83 bits per heavy atom. The molecule has 8 nitrogen and oxygen atoms in total. The van der Waals surface area contributed by atoms with Crippen LogP contribution in [0.25, 0.3) is 5.69 Å². The Labute approximate surface area is 176 Å². The molecule has 3 rings (SSSR count). The fourth-order valence-corrected chi connectivity index (χ4v) is 3.31. The molecular weight excluding hydrogens is 414 g/mol. The molecule has 0 saturated carbocycles. The molecular formula is C19H18ClN5O3S. The van der Waals surface area contributed by atoms with Crippen LogP contribution in [0.5, 0.6) is 0 Å². The van der Waals surface area contributed by atoms with E-state index >= 15 is 0 Å². The summed E-state index contributed by atoms with van der Waals surface area (Å²) in [7, 11) is 0. The number of nitrogens with zero attached hydrogens (tertiary/aromatic N) is 4. The van der Waals surface area contributed by atoms with Crippen molar-refractivity contribution in [3.63, 3.8) is 0 Å². The normalized spacial score (nSPS) is 10.6. The van der Waals surface area contributed by atoms with E-state index in [1.807, 2.05) is 32.0 Å². The van der Waals surface area contributed by atoms with Crippen molar-refractivity contribution in [3.05, 3.63) is 58.6 Å². The van der Waals surface area contributed by atoms with Gasteiger partial charge < -0.3 is 10.1 Å². The van der Waals surface area contributed by atoms with Gasteiger partial charge in [0, 0.05) is 10.7 Å². The zero-order chi connectivity index (χ0) is 20.8. The molecule has 0 atom stereocenters. The van der Waals surface area contributed by atoms with E-state index in [1.165, 1.54) is 0 Å². The molecule has 0 spiro atoms. The summed E-state index contributed by atoms with van der Waals surface area (Å²) < 4.78 is 6.59. The second-order valence-electron chi connectivity index (χ2n) is 6.17. The third-order valence-electron chi connectivity index (χ3n) is 3.83. The lowest BCUT2D eigenvalue weighted by molar-refractivity contribution is -0.144. The lowest BCUT2D eigenvalue weighted by Crippen LogP contribution is -2.21. The van der Waals surface area contributed by atoms with Crippen molar-refractivity contribution >= 4 is 40.9 Å². The molecule has 3 aromatic rings. The Balaban J connectivity index is 1.52. The molecule has 29 heavy (non-hydrogen) atoms. The number of benzene rings is 2. The SMILES string of the molecule is Cc1ccc(C)c(-n2nnnc2SCC(=O)OCC(=O)Nc2cccc(Cl)c2)c1. The second-order valence-corrected chi connectivity index (χ2v) is 7.55. The minimum absolute atomic E-state index is 0.0321. The molecule has 1 amide bonds. The molecule has 0 aliphatic rings. The van der Waals surface area contributed by atoms with Crippen molar-refractivity contribution in [2.75, 3.05) is 17.7 Å². The molecule has 0 saturated heterocycles. The number of rotatable bonds is 7. The number of esters is 1. The van der Waals surface area contributed by atoms with Gasteiger partial charge in [-0.1, -0.05) is 41.6 Å². The summed E-state index contributed by atoms with van der Waals surface area (Å²) in [5.74, 6) is -1.03. The number of carbonyl (C=O) groups is 2. The van der Waals surface area contributed by atoms with Crippen LogP contribution in [0.1, 0.15) is 11.1 Å². The Morgan fingerprint density at radius 1 is 1.21 bits per heavy atom. The first-order valence-electron chi connectivity index (χ1n) is 8.62. The van der Waals surface area contributed by atoms with Crippen LogP contribution in [0.15, 0.2) is 47.6 Å². The van der Waals surface area contributed by atoms with E-state index in [-0.39, 0.29) is 5.75 Å². The first-order valence-corrected chi connectivity index (χ1v) is 9.98. The molecule has 150 valence electrons. The summed E-state index contributed by atoms with van der Waals surface area (Å²) in [6.45, 7) is 3.54. The highest BCUT2D eigenvalue weighted by molar-refractivity contribution is 7.99. The highest BCUT2D eigenvalue weighted by Gasteiger charge is 2.15. The zero-order valence-electron chi connectivity index (χ0n) is 15.8. The van der Waals surface area contributed by atoms with Crippen molar-refractivity contribution in [1.82, 2.24) is 20.2 Å². The number of nitrogens with one attached hydrogen (secondary N) is 1. The number of anilines is 1. The number of ether oxygens (including phenoxy) is 1. The zero-order valence-corrected chi connectivity index (χ0v) is 17.3. The molecule has 0 radical (unpaired) electrons. The van der Waals surface area contributed by atoms with Gasteiger partial charge in [-0.15, -0.1) is 5.10 Å². The Kier molecular flexibility index (Phi) is 6.84. The van der Waals surface area contributed by atoms with Gasteiger partial charge in [-0.25, -0.2) is 0 Å². The van der Waals surface area contributed by atoms with Gasteiger partial charge in [0.2, 0.25) is 5.16 Å². The van der Waals surface area contributed by atoms with Gasteiger partial charge in [-0.2, -0.15) is 4.68 Å². The maximum atomic E-state index is 12.0. The minimum Gasteiger partial charge on any atom is -0.455 e. The molecule has 0 fully saturated rings. The number of thioether (sulfide) groups is 1. The summed E-state index contributed by atoms with van der Waals surface area (Å²) in [5.41, 5.74) is 3.44. The van der Waals surface area contributed by atoms with E-state index in [0.29, 0.717) is 15.9 Å². The van der Waals surface area contributed by atoms with Gasteiger partial charge in [0.1, 0.15) is 0 Å².